The van der Waals surface area contributed by atoms with E-state index in [0.717, 1.165) is 11.8 Å². The molecule has 1 aromatic rings. The first-order chi connectivity index (χ1) is 8.32. The lowest BCUT2D eigenvalue weighted by Crippen LogP contribution is -2.21. The highest BCUT2D eigenvalue weighted by molar-refractivity contribution is 8.13. The van der Waals surface area contributed by atoms with Crippen molar-refractivity contribution in [3.05, 3.63) is 27.7 Å². The highest BCUT2D eigenvalue weighted by atomic mass is 35.5. The maximum atomic E-state index is 10.8. The van der Waals surface area contributed by atoms with Gasteiger partial charge < -0.3 is 15.9 Å². The molecule has 0 bridgehead atoms. The zero-order chi connectivity index (χ0) is 13.9. The second-order valence-corrected chi connectivity index (χ2v) is 5.72. The fraction of sp³-hybridized carbons (Fsp3) is 0.364. The molecule has 7 heteroatoms. The van der Waals surface area contributed by atoms with E-state index in [1.807, 2.05) is 0 Å². The van der Waals surface area contributed by atoms with E-state index >= 15 is 0 Å². The van der Waals surface area contributed by atoms with Gasteiger partial charge in [0, 0.05) is 12.7 Å². The third kappa shape index (κ3) is 4.03. The Morgan fingerprint density at radius 2 is 1.89 bits per heavy atom. The summed E-state index contributed by atoms with van der Waals surface area (Å²) in [6, 6.07) is 2.88. The van der Waals surface area contributed by atoms with Crippen molar-refractivity contribution >= 4 is 45.8 Å². The normalized spacial score (nSPS) is 14.3. The number of thioether (sulfide) groups is 1. The minimum absolute atomic E-state index is 0.0934. The smallest absolute Gasteiger partial charge is 0.185 e. The van der Waals surface area contributed by atoms with Crippen LogP contribution in [0.25, 0.3) is 0 Å². The van der Waals surface area contributed by atoms with Gasteiger partial charge in [0.25, 0.3) is 0 Å². The molecule has 0 spiro atoms. The Balaban J connectivity index is 2.83. The van der Waals surface area contributed by atoms with Crippen molar-refractivity contribution in [2.24, 2.45) is 0 Å². The van der Waals surface area contributed by atoms with Gasteiger partial charge in [0.1, 0.15) is 6.10 Å². The van der Waals surface area contributed by atoms with Crippen LogP contribution in [0.1, 0.15) is 18.6 Å². The number of carbonyl (C=O) groups excluding carboxylic acids is 1. The average molecular weight is 310 g/mol. The number of benzene rings is 1. The molecular formula is C11H13Cl2NO3S. The first-order valence-electron chi connectivity index (χ1n) is 5.06. The van der Waals surface area contributed by atoms with Crippen molar-refractivity contribution in [2.45, 2.75) is 19.1 Å². The second kappa shape index (κ2) is 6.63. The van der Waals surface area contributed by atoms with Gasteiger partial charge in [-0.3, -0.25) is 4.79 Å². The van der Waals surface area contributed by atoms with Crippen LogP contribution < -0.4 is 5.73 Å². The van der Waals surface area contributed by atoms with Crippen LogP contribution in [-0.4, -0.2) is 27.2 Å². The van der Waals surface area contributed by atoms with E-state index in [0.29, 0.717) is 5.56 Å². The molecular weight excluding hydrogens is 297 g/mol. The van der Waals surface area contributed by atoms with Crippen LogP contribution in [-0.2, 0) is 4.79 Å². The predicted octanol–water partition coefficient (Wildman–Crippen LogP) is 2.25. The largest absolute Gasteiger partial charge is 0.396 e. The lowest BCUT2D eigenvalue weighted by atomic mass is 10.1. The van der Waals surface area contributed by atoms with Crippen molar-refractivity contribution < 1.29 is 15.0 Å². The number of hydrogen-bond acceptors (Lipinski definition) is 5. The fourth-order valence-corrected chi connectivity index (χ4v) is 2.38. The summed E-state index contributed by atoms with van der Waals surface area (Å²) >= 11 is 12.6. The molecule has 18 heavy (non-hydrogen) atoms. The van der Waals surface area contributed by atoms with E-state index in [1.165, 1.54) is 19.1 Å². The van der Waals surface area contributed by atoms with E-state index in [1.54, 1.807) is 0 Å². The molecule has 1 aromatic carbocycles. The van der Waals surface area contributed by atoms with Gasteiger partial charge in [0.15, 0.2) is 5.12 Å². The summed E-state index contributed by atoms with van der Waals surface area (Å²) in [6.45, 7) is 1.39. The lowest BCUT2D eigenvalue weighted by molar-refractivity contribution is -0.109. The Hall–Kier alpha value is -0.460. The molecule has 0 heterocycles. The van der Waals surface area contributed by atoms with Crippen LogP contribution in [0, 0.1) is 0 Å². The van der Waals surface area contributed by atoms with E-state index in [2.05, 4.69) is 0 Å². The standard InChI is InChI=1S/C11H13Cl2NO3S/c1-5(15)18-4-9(16)11(17)6-2-7(12)10(14)8(13)3-6/h2-3,9,11,16-17H,4,14H2,1H3. The second-order valence-electron chi connectivity index (χ2n) is 3.71. The minimum atomic E-state index is -1.17. The Morgan fingerprint density at radius 1 is 1.39 bits per heavy atom. The highest BCUT2D eigenvalue weighted by Crippen LogP contribution is 2.32. The summed E-state index contributed by atoms with van der Waals surface area (Å²) in [4.78, 5) is 10.8. The number of aliphatic hydroxyl groups excluding tert-OH is 2. The number of halogens is 2. The number of nitrogen functional groups attached to an aromatic ring is 1. The van der Waals surface area contributed by atoms with Gasteiger partial charge in [-0.1, -0.05) is 35.0 Å². The summed E-state index contributed by atoms with van der Waals surface area (Å²) < 4.78 is 0. The molecule has 0 aliphatic carbocycles. The summed E-state index contributed by atoms with van der Waals surface area (Å²) in [5.74, 6) is 0.0934. The van der Waals surface area contributed by atoms with Gasteiger partial charge in [-0.05, 0) is 17.7 Å². The van der Waals surface area contributed by atoms with Gasteiger partial charge in [-0.15, -0.1) is 0 Å². The Morgan fingerprint density at radius 3 is 2.33 bits per heavy atom. The quantitative estimate of drug-likeness (QED) is 0.743. The van der Waals surface area contributed by atoms with E-state index in [-0.39, 0.29) is 26.6 Å². The molecule has 2 unspecified atom stereocenters. The molecule has 0 aliphatic rings. The zero-order valence-corrected chi connectivity index (χ0v) is 11.9. The van der Waals surface area contributed by atoms with Crippen molar-refractivity contribution in [3.8, 4) is 0 Å². The molecule has 4 nitrogen and oxygen atoms in total. The molecule has 2 atom stereocenters. The van der Waals surface area contributed by atoms with Gasteiger partial charge in [0.05, 0.1) is 21.8 Å². The van der Waals surface area contributed by atoms with Gasteiger partial charge in [-0.2, -0.15) is 0 Å². The number of hydrogen-bond donors (Lipinski definition) is 3. The monoisotopic (exact) mass is 309 g/mol. The number of nitrogens with two attached hydrogens (primary N) is 1. The Bertz CT molecular complexity index is 433. The summed E-state index contributed by atoms with van der Waals surface area (Å²) in [7, 11) is 0. The van der Waals surface area contributed by atoms with Gasteiger partial charge in [0.2, 0.25) is 0 Å². The molecule has 100 valence electrons. The summed E-state index contributed by atoms with van der Waals surface area (Å²) in [5, 5.41) is 19.9. The maximum absolute atomic E-state index is 10.8. The average Bonchev–Trinajstić information content (AvgIpc) is 2.31. The third-order valence-corrected chi connectivity index (χ3v) is 3.80. The minimum Gasteiger partial charge on any atom is -0.396 e. The molecule has 1 rings (SSSR count). The molecule has 0 saturated carbocycles. The maximum Gasteiger partial charge on any atom is 0.185 e. The molecule has 0 radical (unpaired) electrons. The van der Waals surface area contributed by atoms with Crippen LogP contribution in [0.4, 0.5) is 5.69 Å². The molecule has 0 amide bonds. The van der Waals surface area contributed by atoms with Crippen molar-refractivity contribution in [1.29, 1.82) is 0 Å². The summed E-state index contributed by atoms with van der Waals surface area (Å²) in [6.07, 6.45) is -2.26. The first kappa shape index (κ1) is 15.6. The number of carbonyl (C=O) groups is 1. The van der Waals surface area contributed by atoms with Crippen molar-refractivity contribution in [3.63, 3.8) is 0 Å². The zero-order valence-electron chi connectivity index (χ0n) is 9.56. The topological polar surface area (TPSA) is 83.5 Å². The Labute approximate surface area is 119 Å². The summed E-state index contributed by atoms with van der Waals surface area (Å²) in [5.41, 5.74) is 6.15. The van der Waals surface area contributed by atoms with Gasteiger partial charge >= 0.3 is 0 Å². The van der Waals surface area contributed by atoms with Crippen LogP contribution in [0.2, 0.25) is 10.0 Å². The molecule has 4 N–H and O–H groups in total. The molecule has 0 aliphatic heterocycles. The predicted molar refractivity (Wildman–Crippen MR) is 75.0 cm³/mol. The van der Waals surface area contributed by atoms with Crippen molar-refractivity contribution in [1.82, 2.24) is 0 Å². The van der Waals surface area contributed by atoms with Crippen molar-refractivity contribution in [2.75, 3.05) is 11.5 Å². The molecule has 0 fully saturated rings. The van der Waals surface area contributed by atoms with E-state index < -0.39 is 12.2 Å². The Kier molecular flexibility index (Phi) is 5.75. The number of aliphatic hydroxyl groups is 2. The third-order valence-electron chi connectivity index (χ3n) is 2.26. The highest BCUT2D eigenvalue weighted by Gasteiger charge is 2.20. The number of anilines is 1. The first-order valence-corrected chi connectivity index (χ1v) is 6.81. The van der Waals surface area contributed by atoms with Crippen LogP contribution in [0.15, 0.2) is 12.1 Å². The van der Waals surface area contributed by atoms with Crippen LogP contribution in [0.3, 0.4) is 0 Å². The van der Waals surface area contributed by atoms with Crippen LogP contribution in [0.5, 0.6) is 0 Å². The SMILES string of the molecule is CC(=O)SCC(O)C(O)c1cc(Cl)c(N)c(Cl)c1. The van der Waals surface area contributed by atoms with E-state index in [4.69, 9.17) is 28.9 Å². The lowest BCUT2D eigenvalue weighted by Gasteiger charge is -2.18. The fourth-order valence-electron chi connectivity index (χ4n) is 1.29. The van der Waals surface area contributed by atoms with Crippen LogP contribution >= 0.6 is 35.0 Å². The van der Waals surface area contributed by atoms with Gasteiger partial charge in [-0.25, -0.2) is 0 Å². The van der Waals surface area contributed by atoms with E-state index in [9.17, 15) is 15.0 Å². The molecule has 0 saturated heterocycles. The number of rotatable bonds is 4. The molecule has 0 aromatic heterocycles.